The van der Waals surface area contributed by atoms with Crippen LogP contribution < -0.4 is 5.32 Å². The Morgan fingerprint density at radius 2 is 1.69 bits per heavy atom. The summed E-state index contributed by atoms with van der Waals surface area (Å²) in [6.07, 6.45) is -3.98. The predicted octanol–water partition coefficient (Wildman–Crippen LogP) is 7.39. The fourth-order valence-electron chi connectivity index (χ4n) is 4.39. The van der Waals surface area contributed by atoms with Gasteiger partial charge in [0.1, 0.15) is 6.04 Å². The van der Waals surface area contributed by atoms with Gasteiger partial charge in [0.15, 0.2) is 0 Å². The van der Waals surface area contributed by atoms with Crippen LogP contribution in [0.15, 0.2) is 71.3 Å². The number of aryl methyl sites for hydroxylation is 1. The van der Waals surface area contributed by atoms with Gasteiger partial charge in [-0.2, -0.15) is 18.2 Å². The Bertz CT molecular complexity index is 1430. The first kappa shape index (κ1) is 28.0. The van der Waals surface area contributed by atoms with Gasteiger partial charge in [0.2, 0.25) is 5.82 Å². The lowest BCUT2D eigenvalue weighted by atomic mass is 9.94. The van der Waals surface area contributed by atoms with E-state index in [0.717, 1.165) is 17.2 Å². The van der Waals surface area contributed by atoms with Gasteiger partial charge in [-0.05, 0) is 61.6 Å². The highest BCUT2D eigenvalue weighted by atomic mass is 19.4. The van der Waals surface area contributed by atoms with Crippen molar-refractivity contribution in [1.82, 2.24) is 15.5 Å². The average Bonchev–Trinajstić information content (AvgIpc) is 3.42. The van der Waals surface area contributed by atoms with Crippen molar-refractivity contribution in [3.63, 3.8) is 0 Å². The summed E-state index contributed by atoms with van der Waals surface area (Å²) < 4.78 is 52.5. The molecule has 39 heavy (non-hydrogen) atoms. The van der Waals surface area contributed by atoms with Gasteiger partial charge in [0, 0.05) is 17.2 Å². The topological polar surface area (TPSA) is 77.2 Å². The van der Waals surface area contributed by atoms with Crippen molar-refractivity contribution in [3.05, 3.63) is 83.4 Å². The van der Waals surface area contributed by atoms with Gasteiger partial charge in [-0.3, -0.25) is 10.1 Å². The molecule has 2 atom stereocenters. The number of hydrogen-bond acceptors (Lipinski definition) is 6. The molecule has 0 saturated heterocycles. The van der Waals surface area contributed by atoms with Gasteiger partial charge in [-0.25, -0.2) is 0 Å². The molecular weight excluding hydrogens is 507 g/mol. The van der Waals surface area contributed by atoms with Gasteiger partial charge < -0.3 is 9.26 Å². The molecule has 0 aliphatic rings. The molecule has 9 heteroatoms. The molecule has 0 unspecified atom stereocenters. The maximum absolute atomic E-state index is 14.0. The number of nitrogens with one attached hydrogen (secondary N) is 1. The Morgan fingerprint density at radius 3 is 2.33 bits per heavy atom. The lowest BCUT2D eigenvalue weighted by Gasteiger charge is -2.21. The quantitative estimate of drug-likeness (QED) is 0.224. The van der Waals surface area contributed by atoms with Crippen LogP contribution in [0.1, 0.15) is 49.9 Å². The summed E-state index contributed by atoms with van der Waals surface area (Å²) in [4.78, 5) is 16.5. The van der Waals surface area contributed by atoms with E-state index in [0.29, 0.717) is 24.2 Å². The van der Waals surface area contributed by atoms with E-state index in [1.165, 1.54) is 6.07 Å². The van der Waals surface area contributed by atoms with E-state index >= 15 is 0 Å². The minimum absolute atomic E-state index is 0.00818. The standard InChI is InChI=1S/C30H30F3N3O3/c1-5-26(29(37)38-6-2)34-19(4)20-11-13-21(14-12-20)27-35-28(39-36-27)22-15-16-24(25(17-22)30(31,32)33)23-10-8-7-9-18(23)3/h7-17,19,26,34H,5-6H2,1-4H3/t19-,26+/m1/s1. The van der Waals surface area contributed by atoms with Crippen molar-refractivity contribution in [3.8, 4) is 34.0 Å². The van der Waals surface area contributed by atoms with E-state index in [-0.39, 0.29) is 34.9 Å². The van der Waals surface area contributed by atoms with Crippen LogP contribution in [0.3, 0.4) is 0 Å². The molecule has 3 aromatic carbocycles. The fourth-order valence-corrected chi connectivity index (χ4v) is 4.39. The van der Waals surface area contributed by atoms with Crippen molar-refractivity contribution in [2.75, 3.05) is 6.61 Å². The predicted molar refractivity (Wildman–Crippen MR) is 143 cm³/mol. The Balaban J connectivity index is 1.56. The number of halogens is 3. The first-order valence-corrected chi connectivity index (χ1v) is 12.8. The summed E-state index contributed by atoms with van der Waals surface area (Å²) in [5.74, 6) is -0.0405. The van der Waals surface area contributed by atoms with E-state index in [4.69, 9.17) is 9.26 Å². The summed E-state index contributed by atoms with van der Waals surface area (Å²) in [6, 6.07) is 17.8. The monoisotopic (exact) mass is 537 g/mol. The van der Waals surface area contributed by atoms with Crippen LogP contribution in [-0.4, -0.2) is 28.8 Å². The summed E-state index contributed by atoms with van der Waals surface area (Å²) in [5.41, 5.74) is 2.34. The second kappa shape index (κ2) is 11.8. The molecule has 204 valence electrons. The van der Waals surface area contributed by atoms with Gasteiger partial charge in [-0.1, -0.05) is 66.7 Å². The number of rotatable bonds is 9. The maximum atomic E-state index is 14.0. The number of carbonyl (C=O) groups is 1. The van der Waals surface area contributed by atoms with Gasteiger partial charge in [0.05, 0.1) is 12.2 Å². The second-order valence-corrected chi connectivity index (χ2v) is 9.22. The molecule has 0 saturated carbocycles. The van der Waals surface area contributed by atoms with Gasteiger partial charge in [0.25, 0.3) is 5.89 Å². The third kappa shape index (κ3) is 6.37. The molecule has 4 aromatic rings. The molecule has 0 spiro atoms. The number of alkyl halides is 3. The lowest BCUT2D eigenvalue weighted by molar-refractivity contribution is -0.146. The average molecular weight is 538 g/mol. The Hall–Kier alpha value is -3.98. The second-order valence-electron chi connectivity index (χ2n) is 9.22. The number of hydrogen-bond donors (Lipinski definition) is 1. The van der Waals surface area contributed by atoms with Crippen LogP contribution in [0.25, 0.3) is 34.0 Å². The highest BCUT2D eigenvalue weighted by molar-refractivity contribution is 5.76. The van der Waals surface area contributed by atoms with Crippen molar-refractivity contribution < 1.29 is 27.2 Å². The number of carbonyl (C=O) groups excluding carboxylic acids is 1. The number of aromatic nitrogens is 2. The molecular formula is C30H30F3N3O3. The van der Waals surface area contributed by atoms with E-state index < -0.39 is 17.8 Å². The van der Waals surface area contributed by atoms with Crippen LogP contribution in [0.5, 0.6) is 0 Å². The lowest BCUT2D eigenvalue weighted by Crippen LogP contribution is -2.39. The van der Waals surface area contributed by atoms with Crippen molar-refractivity contribution >= 4 is 5.97 Å². The molecule has 1 N–H and O–H groups in total. The number of ether oxygens (including phenoxy) is 1. The van der Waals surface area contributed by atoms with E-state index in [1.807, 2.05) is 26.0 Å². The van der Waals surface area contributed by atoms with Crippen LogP contribution in [0.4, 0.5) is 13.2 Å². The highest BCUT2D eigenvalue weighted by Gasteiger charge is 2.35. The smallest absolute Gasteiger partial charge is 0.417 e. The largest absolute Gasteiger partial charge is 0.465 e. The molecule has 0 aliphatic carbocycles. The third-order valence-corrected chi connectivity index (χ3v) is 6.53. The summed E-state index contributed by atoms with van der Waals surface area (Å²) in [6.45, 7) is 7.72. The Labute approximate surface area is 225 Å². The third-order valence-electron chi connectivity index (χ3n) is 6.53. The molecule has 0 amide bonds. The first-order valence-electron chi connectivity index (χ1n) is 12.8. The zero-order valence-corrected chi connectivity index (χ0v) is 22.2. The minimum atomic E-state index is -4.57. The normalized spacial score (nSPS) is 13.2. The number of esters is 1. The van der Waals surface area contributed by atoms with Gasteiger partial charge in [-0.15, -0.1) is 0 Å². The number of nitrogens with zero attached hydrogens (tertiary/aromatic N) is 2. The fraction of sp³-hybridized carbons (Fsp3) is 0.300. The SMILES string of the molecule is CCOC(=O)[C@H](CC)N[C@H](C)c1ccc(-c2noc(-c3ccc(-c4ccccc4C)c(C(F)(F)F)c3)n2)cc1. The van der Waals surface area contributed by atoms with Gasteiger partial charge >= 0.3 is 12.1 Å². The van der Waals surface area contributed by atoms with Crippen LogP contribution in [0.2, 0.25) is 0 Å². The molecule has 0 bridgehead atoms. The minimum Gasteiger partial charge on any atom is -0.465 e. The molecule has 1 aromatic heterocycles. The van der Waals surface area contributed by atoms with Crippen LogP contribution in [-0.2, 0) is 15.7 Å². The van der Waals surface area contributed by atoms with Crippen LogP contribution >= 0.6 is 0 Å². The molecule has 0 radical (unpaired) electrons. The zero-order valence-electron chi connectivity index (χ0n) is 22.2. The summed E-state index contributed by atoms with van der Waals surface area (Å²) >= 11 is 0. The van der Waals surface area contributed by atoms with E-state index in [9.17, 15) is 18.0 Å². The maximum Gasteiger partial charge on any atom is 0.417 e. The van der Waals surface area contributed by atoms with E-state index in [1.54, 1.807) is 56.3 Å². The Kier molecular flexibility index (Phi) is 8.50. The molecule has 6 nitrogen and oxygen atoms in total. The number of benzene rings is 3. The first-order chi connectivity index (χ1) is 18.6. The van der Waals surface area contributed by atoms with Crippen LogP contribution in [0, 0.1) is 6.92 Å². The molecule has 0 fully saturated rings. The van der Waals surface area contributed by atoms with Crippen molar-refractivity contribution in [2.24, 2.45) is 0 Å². The summed E-state index contributed by atoms with van der Waals surface area (Å²) in [7, 11) is 0. The van der Waals surface area contributed by atoms with Crippen molar-refractivity contribution in [2.45, 2.75) is 52.4 Å². The van der Waals surface area contributed by atoms with Crippen molar-refractivity contribution in [1.29, 1.82) is 0 Å². The molecule has 4 rings (SSSR count). The zero-order chi connectivity index (χ0) is 28.2. The Morgan fingerprint density at radius 1 is 1.00 bits per heavy atom. The molecule has 0 aliphatic heterocycles. The van der Waals surface area contributed by atoms with E-state index in [2.05, 4.69) is 15.5 Å². The molecule has 1 heterocycles. The highest BCUT2D eigenvalue weighted by Crippen LogP contribution is 2.40. The summed E-state index contributed by atoms with van der Waals surface area (Å²) in [5, 5.41) is 7.26.